The normalized spacial score (nSPS) is 49.0. The number of nitriles is 2. The van der Waals surface area contributed by atoms with Gasteiger partial charge >= 0.3 is 30.9 Å². The van der Waals surface area contributed by atoms with E-state index in [4.69, 9.17) is 27.2 Å². The summed E-state index contributed by atoms with van der Waals surface area (Å²) < 4.78 is 196. The highest BCUT2D eigenvalue weighted by molar-refractivity contribution is 8.01. The minimum Gasteiger partial charge on any atom is -0.396 e. The second kappa shape index (κ2) is 32.3. The first kappa shape index (κ1) is 88.7. The van der Waals surface area contributed by atoms with Gasteiger partial charge in [0, 0.05) is 40.9 Å². The Kier molecular flexibility index (Phi) is 26.6. The summed E-state index contributed by atoms with van der Waals surface area (Å²) in [6, 6.07) is 4.98. The Morgan fingerprint density at radius 2 is 0.704 bits per heavy atom. The molecular weight excluding hydrogens is 1470 g/mol. The molecule has 0 radical (unpaired) electrons. The third kappa shape index (κ3) is 16.2. The fourth-order valence-corrected chi connectivity index (χ4v) is 30.4. The third-order valence-electron chi connectivity index (χ3n) is 35.3. The molecule has 0 aromatic heterocycles. The van der Waals surface area contributed by atoms with Crippen molar-refractivity contribution in [3.05, 3.63) is 0 Å². The predicted molar refractivity (Wildman–Crippen MR) is 388 cm³/mol. The standard InChI is InChI=1S/C17H20F12O2.C13H19N.C13H22O.C12H19F3OS.C10H15N.C10H18O.C9H15Cl/c1-6-7(2)9-3-8(6)10(4-12(30,14(18,19)20)15(21,22)23)11(9)5-13(31,16(24,25)26)17(27,28)29;2*1-7-3-12-11-5-9(4-10(11)6-14)13(12)8(7)2;1-6-7(2)10-8(4-9(6)17-10)5-11(3,16)12(13,14)15;2*1-6-7(2)10-4-8(6)3-9(10)5-11;1-5-6(2)8-3-7(5)4-9(8)10/h6-11,30-31H,3-5H2,1-2H3;7-13H,3-5H2,1-2H3;7-14H,3-6H2,1-2H3;6-10,16H,4-5H2,1-3H3;6-10H,3-4H2,1-2H3;6-11H,3-5H2,1-2H3;5-9H,3-4H2,1-2H3. The molecule has 0 aromatic rings. The number of thioether (sulfide) groups is 1. The Morgan fingerprint density at radius 1 is 0.343 bits per heavy atom. The van der Waals surface area contributed by atoms with Gasteiger partial charge in [0.1, 0.15) is 0 Å². The summed E-state index contributed by atoms with van der Waals surface area (Å²) in [6.07, 6.45) is -17.2. The number of aliphatic hydroxyl groups is 5. The first-order chi connectivity index (χ1) is 49.7. The lowest BCUT2D eigenvalue weighted by atomic mass is 9.63. The van der Waals surface area contributed by atoms with Gasteiger partial charge in [0.15, 0.2) is 5.60 Å². The lowest BCUT2D eigenvalue weighted by Gasteiger charge is -2.45. The Labute approximate surface area is 643 Å². The largest absolute Gasteiger partial charge is 0.426 e. The highest BCUT2D eigenvalue weighted by atomic mass is 35.5. The van der Waals surface area contributed by atoms with E-state index in [1.165, 1.54) is 90.9 Å². The van der Waals surface area contributed by atoms with E-state index in [0.29, 0.717) is 64.6 Å². The second-order valence-corrected chi connectivity index (χ2v) is 41.7. The van der Waals surface area contributed by atoms with Gasteiger partial charge in [-0.1, -0.05) is 96.9 Å². The number of nitrogens with zero attached hydrogens (tertiary/aromatic N) is 2. The average molecular weight is 1600 g/mol. The molecular formula is C84H128ClF15N2O5S. The van der Waals surface area contributed by atoms with Crippen LogP contribution in [-0.2, 0) is 0 Å². The van der Waals surface area contributed by atoms with Crippen molar-refractivity contribution in [1.29, 1.82) is 10.5 Å². The van der Waals surface area contributed by atoms with E-state index in [-0.39, 0.29) is 18.8 Å². The number of rotatable bonds is 8. The van der Waals surface area contributed by atoms with Crippen LogP contribution in [0.3, 0.4) is 0 Å². The van der Waals surface area contributed by atoms with Crippen LogP contribution >= 0.6 is 23.4 Å². The molecule has 14 aliphatic carbocycles. The minimum atomic E-state index is -6.27. The zero-order valence-corrected chi connectivity index (χ0v) is 67.7. The molecule has 14 saturated carbocycles. The molecule has 16 rings (SSSR count). The Hall–Kier alpha value is -1.63. The molecule has 41 unspecified atom stereocenters. The molecule has 622 valence electrons. The maximum absolute atomic E-state index is 13.1. The molecule has 0 spiro atoms. The number of halogens is 16. The summed E-state index contributed by atoms with van der Waals surface area (Å²) in [5, 5.41) is 66.2. The van der Waals surface area contributed by atoms with E-state index in [1.807, 2.05) is 11.8 Å². The maximum atomic E-state index is 13.1. The first-order valence-electron chi connectivity index (χ1n) is 41.6. The van der Waals surface area contributed by atoms with Gasteiger partial charge < -0.3 is 25.5 Å². The van der Waals surface area contributed by atoms with Crippen LogP contribution in [0.2, 0.25) is 0 Å². The predicted octanol–water partition coefficient (Wildman–Crippen LogP) is 22.0. The van der Waals surface area contributed by atoms with Gasteiger partial charge in [-0.2, -0.15) is 88.1 Å². The van der Waals surface area contributed by atoms with Gasteiger partial charge in [-0.15, -0.1) is 11.6 Å². The monoisotopic (exact) mass is 1600 g/mol. The minimum absolute atomic E-state index is 0.00725. The van der Waals surface area contributed by atoms with Gasteiger partial charge in [-0.3, -0.25) is 0 Å². The second-order valence-electron chi connectivity index (χ2n) is 39.7. The highest BCUT2D eigenvalue weighted by Crippen LogP contribution is 2.68. The summed E-state index contributed by atoms with van der Waals surface area (Å²) in [5.41, 5.74) is -13.2. The Bertz CT molecular complexity index is 3010. The summed E-state index contributed by atoms with van der Waals surface area (Å²) in [5.74, 6) is 17.6. The number of alkyl halides is 16. The quantitative estimate of drug-likeness (QED) is 0.119. The van der Waals surface area contributed by atoms with E-state index < -0.39 is 96.0 Å². The molecule has 16 aliphatic rings. The van der Waals surface area contributed by atoms with Crippen molar-refractivity contribution < 1.29 is 91.4 Å². The van der Waals surface area contributed by atoms with E-state index in [2.05, 4.69) is 95.2 Å². The van der Waals surface area contributed by atoms with Crippen molar-refractivity contribution in [2.24, 2.45) is 219 Å². The average Bonchev–Trinajstić information content (AvgIpc) is 1.57. The van der Waals surface area contributed by atoms with Crippen molar-refractivity contribution in [1.82, 2.24) is 0 Å². The zero-order chi connectivity index (χ0) is 80.7. The van der Waals surface area contributed by atoms with Crippen molar-refractivity contribution in [2.45, 2.75) is 277 Å². The number of aliphatic hydroxyl groups excluding tert-OH is 2. The first-order valence-corrected chi connectivity index (χ1v) is 42.9. The Morgan fingerprint density at radius 3 is 1.08 bits per heavy atom. The van der Waals surface area contributed by atoms with E-state index in [9.17, 15) is 86.3 Å². The topological polar surface area (TPSA) is 149 Å². The van der Waals surface area contributed by atoms with Crippen LogP contribution in [0.15, 0.2) is 0 Å². The summed E-state index contributed by atoms with van der Waals surface area (Å²) in [6.45, 7) is 32.8. The molecule has 24 heteroatoms. The molecule has 2 heterocycles. The lowest BCUT2D eigenvalue weighted by Crippen LogP contribution is -2.61. The smallest absolute Gasteiger partial charge is 0.396 e. The van der Waals surface area contributed by atoms with E-state index in [0.717, 1.165) is 155 Å². The van der Waals surface area contributed by atoms with Crippen LogP contribution in [0.25, 0.3) is 0 Å². The molecule has 108 heavy (non-hydrogen) atoms. The molecule has 16 fully saturated rings. The summed E-state index contributed by atoms with van der Waals surface area (Å²) >= 11 is 8.00. The fourth-order valence-electron chi connectivity index (χ4n) is 27.7. The summed E-state index contributed by atoms with van der Waals surface area (Å²) in [7, 11) is 0. The fraction of sp³-hybridized carbons (Fsp3) is 0.976. The molecule has 41 atom stereocenters. The van der Waals surface area contributed by atoms with E-state index in [1.54, 1.807) is 0 Å². The number of hydrogen-bond acceptors (Lipinski definition) is 8. The summed E-state index contributed by atoms with van der Waals surface area (Å²) in [4.78, 5) is 0. The molecule has 7 nitrogen and oxygen atoms in total. The van der Waals surface area contributed by atoms with Gasteiger partial charge in [0.25, 0.3) is 11.2 Å². The molecule has 0 amide bonds. The van der Waals surface area contributed by atoms with Crippen molar-refractivity contribution in [2.75, 3.05) is 13.2 Å². The zero-order valence-electron chi connectivity index (χ0n) is 66.1. The number of fused-ring (bicyclic) bond motifs is 20. The van der Waals surface area contributed by atoms with Gasteiger partial charge in [0.2, 0.25) is 0 Å². The van der Waals surface area contributed by atoms with Crippen LogP contribution < -0.4 is 0 Å². The van der Waals surface area contributed by atoms with Crippen LogP contribution in [-0.4, -0.2) is 102 Å². The van der Waals surface area contributed by atoms with Gasteiger partial charge in [-0.05, 0) is 323 Å². The van der Waals surface area contributed by atoms with Crippen LogP contribution in [0.1, 0.15) is 213 Å². The van der Waals surface area contributed by atoms with Crippen molar-refractivity contribution in [3.8, 4) is 12.1 Å². The Balaban J connectivity index is 0.000000140. The van der Waals surface area contributed by atoms with E-state index >= 15 is 0 Å². The molecule has 2 aliphatic heterocycles. The van der Waals surface area contributed by atoms with Gasteiger partial charge in [0.05, 0.1) is 12.1 Å². The van der Waals surface area contributed by atoms with Crippen LogP contribution in [0.5, 0.6) is 0 Å². The van der Waals surface area contributed by atoms with Crippen molar-refractivity contribution >= 4 is 23.4 Å². The van der Waals surface area contributed by atoms with Gasteiger partial charge in [-0.25, -0.2) is 0 Å². The van der Waals surface area contributed by atoms with Crippen LogP contribution in [0, 0.1) is 242 Å². The SMILES string of the molecule is CC1C(C)C2CC1C(CC(O)(C(F)(F)F)C(F)(F)F)C2CC(O)(C(F)(F)F)C(F)(F)F.CC1C2CC(C#N)C(C2)C1C.CC1C2CC(CC(C)(O)C(F)(F)F)C(S2)C1C.CC1C2CC(CO)C(C2)C1C.CC1C2CC(Cl)C(C2)C1C.CC1CC2C3CC(CC3C#N)C2C1C.CC1CC2C3CC(CC3CO)C2C1C. The molecule has 0 aromatic carbocycles. The maximum Gasteiger partial charge on any atom is 0.426 e. The van der Waals surface area contributed by atoms with Crippen LogP contribution in [0.4, 0.5) is 65.9 Å². The lowest BCUT2D eigenvalue weighted by molar-refractivity contribution is -0.381. The molecule has 14 bridgehead atoms. The number of hydrogen-bond donors (Lipinski definition) is 5. The molecule has 2 saturated heterocycles. The van der Waals surface area contributed by atoms with Crippen molar-refractivity contribution in [3.63, 3.8) is 0 Å². The third-order valence-corrected chi connectivity index (χ3v) is 37.9. The molecule has 5 N–H and O–H groups in total. The highest BCUT2D eigenvalue weighted by Gasteiger charge is 2.76.